The van der Waals surface area contributed by atoms with Crippen molar-refractivity contribution in [1.82, 2.24) is 0 Å². The van der Waals surface area contributed by atoms with Gasteiger partial charge in [0.15, 0.2) is 0 Å². The fraction of sp³-hybridized carbons (Fsp3) is 0.278. The Balaban J connectivity index is 1.71. The molecule has 1 heterocycles. The van der Waals surface area contributed by atoms with Crippen molar-refractivity contribution < 1.29 is 4.79 Å². The predicted octanol–water partition coefficient (Wildman–Crippen LogP) is 4.78. The summed E-state index contributed by atoms with van der Waals surface area (Å²) in [5.41, 5.74) is 1.98. The van der Waals surface area contributed by atoms with Gasteiger partial charge in [0.1, 0.15) is 0 Å². The largest absolute Gasteiger partial charge is 0.360 e. The number of fused-ring (bicyclic) bond motifs is 1. The van der Waals surface area contributed by atoms with Gasteiger partial charge in [0, 0.05) is 26.9 Å². The molecule has 0 bridgehead atoms. The molecule has 1 aliphatic heterocycles. The van der Waals surface area contributed by atoms with Crippen LogP contribution in [0.1, 0.15) is 13.3 Å². The second kappa shape index (κ2) is 7.41. The molecule has 120 valence electrons. The smallest absolute Gasteiger partial charge is 0.243 e. The van der Waals surface area contributed by atoms with Crippen molar-refractivity contribution in [2.75, 3.05) is 23.3 Å². The van der Waals surface area contributed by atoms with E-state index in [0.29, 0.717) is 11.8 Å². The number of rotatable bonds is 4. The summed E-state index contributed by atoms with van der Waals surface area (Å²) >= 11 is 5.32. The summed E-state index contributed by atoms with van der Waals surface area (Å²) in [6.45, 7) is 3.49. The molecular formula is C18H19BrN2OS. The van der Waals surface area contributed by atoms with E-state index < -0.39 is 0 Å². The number of nitrogens with one attached hydrogen (secondary N) is 1. The molecule has 1 aliphatic rings. The van der Waals surface area contributed by atoms with E-state index in [-0.39, 0.29) is 5.91 Å². The summed E-state index contributed by atoms with van der Waals surface area (Å²) in [4.78, 5) is 15.9. The molecule has 1 atom stereocenters. The van der Waals surface area contributed by atoms with Crippen molar-refractivity contribution in [2.24, 2.45) is 0 Å². The van der Waals surface area contributed by atoms with Gasteiger partial charge in [0.05, 0.1) is 12.2 Å². The third-order valence-electron chi connectivity index (χ3n) is 3.84. The van der Waals surface area contributed by atoms with Crippen LogP contribution in [0.3, 0.4) is 0 Å². The van der Waals surface area contributed by atoms with Gasteiger partial charge in [-0.25, -0.2) is 0 Å². The highest BCUT2D eigenvalue weighted by Crippen LogP contribution is 2.39. The molecule has 1 amide bonds. The average Bonchev–Trinajstić information content (AvgIpc) is 2.56. The van der Waals surface area contributed by atoms with Crippen LogP contribution in [0, 0.1) is 0 Å². The lowest BCUT2D eigenvalue weighted by Crippen LogP contribution is -2.40. The third-order valence-corrected chi connectivity index (χ3v) is 5.78. The Kier molecular flexibility index (Phi) is 5.28. The van der Waals surface area contributed by atoms with Gasteiger partial charge in [-0.05, 0) is 42.8 Å². The van der Waals surface area contributed by atoms with E-state index in [2.05, 4.69) is 51.3 Å². The summed E-state index contributed by atoms with van der Waals surface area (Å²) in [7, 11) is 0. The number of carbonyl (C=O) groups is 1. The van der Waals surface area contributed by atoms with Crippen LogP contribution in [0.2, 0.25) is 0 Å². The molecule has 0 saturated carbocycles. The molecule has 0 radical (unpaired) electrons. The molecular weight excluding hydrogens is 372 g/mol. The number of nitrogens with zero attached hydrogens (tertiary/aromatic N) is 1. The van der Waals surface area contributed by atoms with Crippen molar-refractivity contribution in [3.05, 3.63) is 53.0 Å². The molecule has 0 aliphatic carbocycles. The fourth-order valence-electron chi connectivity index (χ4n) is 2.65. The van der Waals surface area contributed by atoms with Crippen molar-refractivity contribution in [2.45, 2.75) is 23.5 Å². The van der Waals surface area contributed by atoms with Crippen molar-refractivity contribution >= 4 is 45.0 Å². The summed E-state index contributed by atoms with van der Waals surface area (Å²) in [6, 6.07) is 16.0. The van der Waals surface area contributed by atoms with E-state index >= 15 is 0 Å². The van der Waals surface area contributed by atoms with Gasteiger partial charge in [-0.15, -0.1) is 11.8 Å². The van der Waals surface area contributed by atoms with Crippen LogP contribution in [-0.4, -0.2) is 24.2 Å². The van der Waals surface area contributed by atoms with E-state index in [1.807, 2.05) is 42.1 Å². The van der Waals surface area contributed by atoms with Crippen molar-refractivity contribution in [1.29, 1.82) is 0 Å². The Morgan fingerprint density at radius 1 is 1.26 bits per heavy atom. The molecule has 1 N–H and O–H groups in total. The van der Waals surface area contributed by atoms with Crippen LogP contribution in [0.4, 0.5) is 11.4 Å². The van der Waals surface area contributed by atoms with E-state index in [1.54, 1.807) is 0 Å². The van der Waals surface area contributed by atoms with Gasteiger partial charge in [-0.1, -0.05) is 35.0 Å². The number of benzene rings is 2. The lowest BCUT2D eigenvalue weighted by molar-refractivity contribution is -0.115. The van der Waals surface area contributed by atoms with Crippen LogP contribution < -0.4 is 10.2 Å². The number of hydrogen-bond donors (Lipinski definition) is 1. The first-order chi connectivity index (χ1) is 11.2. The molecule has 2 aromatic rings. The van der Waals surface area contributed by atoms with Crippen LogP contribution in [0.15, 0.2) is 57.9 Å². The maximum atomic E-state index is 12.4. The number of carbonyl (C=O) groups excluding carboxylic acids is 1. The summed E-state index contributed by atoms with van der Waals surface area (Å²) in [5.74, 6) is 0.0175. The maximum Gasteiger partial charge on any atom is 0.243 e. The SMILES string of the molecule is CCC1CN(CC(=O)Nc2ccc(Br)cc2)c2ccccc2S1. The van der Waals surface area contributed by atoms with Crippen LogP contribution in [0.5, 0.6) is 0 Å². The monoisotopic (exact) mass is 390 g/mol. The number of anilines is 2. The minimum absolute atomic E-state index is 0.0175. The molecule has 0 saturated heterocycles. The van der Waals surface area contributed by atoms with Gasteiger partial charge < -0.3 is 10.2 Å². The van der Waals surface area contributed by atoms with Crippen molar-refractivity contribution in [3.8, 4) is 0 Å². The second-order valence-corrected chi connectivity index (χ2v) is 7.81. The topological polar surface area (TPSA) is 32.3 Å². The van der Waals surface area contributed by atoms with Gasteiger partial charge in [-0.3, -0.25) is 4.79 Å². The number of halogens is 1. The van der Waals surface area contributed by atoms with E-state index in [4.69, 9.17) is 0 Å². The zero-order valence-corrected chi connectivity index (χ0v) is 15.4. The summed E-state index contributed by atoms with van der Waals surface area (Å²) < 4.78 is 1.00. The van der Waals surface area contributed by atoms with Gasteiger partial charge in [-0.2, -0.15) is 0 Å². The highest BCUT2D eigenvalue weighted by Gasteiger charge is 2.25. The first-order valence-corrected chi connectivity index (χ1v) is 9.39. The van der Waals surface area contributed by atoms with E-state index in [0.717, 1.165) is 28.8 Å². The van der Waals surface area contributed by atoms with E-state index in [1.165, 1.54) is 4.90 Å². The zero-order valence-electron chi connectivity index (χ0n) is 13.0. The van der Waals surface area contributed by atoms with E-state index in [9.17, 15) is 4.79 Å². The molecule has 1 unspecified atom stereocenters. The molecule has 0 fully saturated rings. The number of hydrogen-bond acceptors (Lipinski definition) is 3. The second-order valence-electron chi connectivity index (χ2n) is 5.55. The first kappa shape index (κ1) is 16.4. The highest BCUT2D eigenvalue weighted by molar-refractivity contribution is 9.10. The third kappa shape index (κ3) is 4.09. The Morgan fingerprint density at radius 2 is 2.00 bits per heavy atom. The van der Waals surface area contributed by atoms with Crippen molar-refractivity contribution in [3.63, 3.8) is 0 Å². The molecule has 0 spiro atoms. The molecule has 23 heavy (non-hydrogen) atoms. The van der Waals surface area contributed by atoms with Crippen LogP contribution >= 0.6 is 27.7 Å². The number of amides is 1. The van der Waals surface area contributed by atoms with Gasteiger partial charge >= 0.3 is 0 Å². The number of thioether (sulfide) groups is 1. The molecule has 3 rings (SSSR count). The molecule has 5 heteroatoms. The Morgan fingerprint density at radius 3 is 2.74 bits per heavy atom. The molecule has 0 aromatic heterocycles. The van der Waals surface area contributed by atoms with Gasteiger partial charge in [0.25, 0.3) is 0 Å². The summed E-state index contributed by atoms with van der Waals surface area (Å²) in [6.07, 6.45) is 1.10. The minimum Gasteiger partial charge on any atom is -0.360 e. The lowest BCUT2D eigenvalue weighted by Gasteiger charge is -2.34. The maximum absolute atomic E-state index is 12.4. The normalized spacial score (nSPS) is 16.8. The minimum atomic E-state index is 0.0175. The van der Waals surface area contributed by atoms with Crippen LogP contribution in [0.25, 0.3) is 0 Å². The molecule has 2 aromatic carbocycles. The lowest BCUT2D eigenvalue weighted by atomic mass is 10.2. The Hall–Kier alpha value is -1.46. The van der Waals surface area contributed by atoms with Crippen LogP contribution in [-0.2, 0) is 4.79 Å². The highest BCUT2D eigenvalue weighted by atomic mass is 79.9. The fourth-order valence-corrected chi connectivity index (χ4v) is 4.17. The Labute approximate surface area is 149 Å². The quantitative estimate of drug-likeness (QED) is 0.814. The number of para-hydroxylation sites is 1. The Bertz CT molecular complexity index is 690. The average molecular weight is 391 g/mol. The standard InChI is InChI=1S/C18H19BrN2OS/c1-2-15-11-21(16-5-3-4-6-17(16)23-15)12-18(22)20-14-9-7-13(19)8-10-14/h3-10,15H,2,11-12H2,1H3,(H,20,22). The summed E-state index contributed by atoms with van der Waals surface area (Å²) in [5, 5.41) is 3.50. The van der Waals surface area contributed by atoms with Gasteiger partial charge in [0.2, 0.25) is 5.91 Å². The predicted molar refractivity (Wildman–Crippen MR) is 101 cm³/mol. The first-order valence-electron chi connectivity index (χ1n) is 7.71. The molecule has 3 nitrogen and oxygen atoms in total. The zero-order chi connectivity index (χ0) is 16.2.